The normalized spacial score (nSPS) is 14.1. The molecule has 0 spiro atoms. The van der Waals surface area contributed by atoms with Crippen molar-refractivity contribution in [2.24, 2.45) is 0 Å². The lowest BCUT2D eigenvalue weighted by Gasteiger charge is -2.21. The zero-order chi connectivity index (χ0) is 14.4. The highest BCUT2D eigenvalue weighted by Crippen LogP contribution is 2.18. The van der Waals surface area contributed by atoms with Crippen LogP contribution in [-0.2, 0) is 11.2 Å². The van der Waals surface area contributed by atoms with E-state index in [1.165, 1.54) is 0 Å². The van der Waals surface area contributed by atoms with Crippen molar-refractivity contribution in [3.63, 3.8) is 0 Å². The minimum absolute atomic E-state index is 0.0481. The Balaban J connectivity index is 2.74. The SMILES string of the molecule is CCC(C)NC(CC(=O)O)Cc1ccc(Cl)c(C)c1. The van der Waals surface area contributed by atoms with Crippen molar-refractivity contribution in [2.75, 3.05) is 0 Å². The molecular weight excluding hydrogens is 262 g/mol. The molecule has 3 nitrogen and oxygen atoms in total. The van der Waals surface area contributed by atoms with Crippen molar-refractivity contribution in [2.45, 2.75) is 52.1 Å². The van der Waals surface area contributed by atoms with Crippen LogP contribution in [0.5, 0.6) is 0 Å². The second kappa shape index (κ2) is 7.51. The van der Waals surface area contributed by atoms with E-state index in [9.17, 15) is 4.79 Å². The van der Waals surface area contributed by atoms with E-state index in [0.29, 0.717) is 12.5 Å². The summed E-state index contributed by atoms with van der Waals surface area (Å²) in [4.78, 5) is 10.9. The van der Waals surface area contributed by atoms with Crippen LogP contribution in [0.1, 0.15) is 37.8 Å². The zero-order valence-corrected chi connectivity index (χ0v) is 12.5. The van der Waals surface area contributed by atoms with E-state index in [4.69, 9.17) is 16.7 Å². The van der Waals surface area contributed by atoms with Crippen molar-refractivity contribution in [3.05, 3.63) is 34.3 Å². The number of hydrogen-bond donors (Lipinski definition) is 2. The van der Waals surface area contributed by atoms with Crippen molar-refractivity contribution in [1.82, 2.24) is 5.32 Å². The Kier molecular flexibility index (Phi) is 6.32. The molecule has 0 fully saturated rings. The zero-order valence-electron chi connectivity index (χ0n) is 11.7. The molecule has 0 aromatic heterocycles. The van der Waals surface area contributed by atoms with Gasteiger partial charge < -0.3 is 10.4 Å². The van der Waals surface area contributed by atoms with E-state index in [-0.39, 0.29) is 12.5 Å². The molecule has 1 aromatic rings. The maximum absolute atomic E-state index is 10.9. The summed E-state index contributed by atoms with van der Waals surface area (Å²) >= 11 is 6.00. The van der Waals surface area contributed by atoms with E-state index in [1.807, 2.05) is 25.1 Å². The number of carboxylic acid groups (broad SMARTS) is 1. The van der Waals surface area contributed by atoms with Gasteiger partial charge in [0.1, 0.15) is 0 Å². The molecule has 0 amide bonds. The van der Waals surface area contributed by atoms with Crippen LogP contribution in [-0.4, -0.2) is 23.2 Å². The molecule has 0 saturated carbocycles. The minimum Gasteiger partial charge on any atom is -0.481 e. The summed E-state index contributed by atoms with van der Waals surface area (Å²) in [5, 5.41) is 13.1. The number of aliphatic carboxylic acids is 1. The first-order valence-corrected chi connectivity index (χ1v) is 7.03. The maximum Gasteiger partial charge on any atom is 0.304 e. The van der Waals surface area contributed by atoms with Gasteiger partial charge in [0.05, 0.1) is 6.42 Å². The predicted octanol–water partition coefficient (Wildman–Crippen LogP) is 3.42. The van der Waals surface area contributed by atoms with Crippen LogP contribution in [0.15, 0.2) is 18.2 Å². The lowest BCUT2D eigenvalue weighted by atomic mass is 10.0. The first kappa shape index (κ1) is 16.0. The van der Waals surface area contributed by atoms with E-state index < -0.39 is 5.97 Å². The number of nitrogens with one attached hydrogen (secondary N) is 1. The Hall–Kier alpha value is -1.06. The smallest absolute Gasteiger partial charge is 0.304 e. The fourth-order valence-corrected chi connectivity index (χ4v) is 2.16. The van der Waals surface area contributed by atoms with Gasteiger partial charge in [0.15, 0.2) is 0 Å². The quantitative estimate of drug-likeness (QED) is 0.806. The number of carbonyl (C=O) groups is 1. The Morgan fingerprint density at radius 2 is 2.16 bits per heavy atom. The van der Waals surface area contributed by atoms with Gasteiger partial charge in [-0.05, 0) is 43.9 Å². The van der Waals surface area contributed by atoms with Gasteiger partial charge in [0.25, 0.3) is 0 Å². The summed E-state index contributed by atoms with van der Waals surface area (Å²) in [6.07, 6.45) is 1.82. The molecule has 0 bridgehead atoms. The van der Waals surface area contributed by atoms with Crippen molar-refractivity contribution < 1.29 is 9.90 Å². The molecule has 0 radical (unpaired) electrons. The van der Waals surface area contributed by atoms with E-state index in [0.717, 1.165) is 22.6 Å². The number of carboxylic acids is 1. The summed E-state index contributed by atoms with van der Waals surface area (Å²) in [6.45, 7) is 6.12. The summed E-state index contributed by atoms with van der Waals surface area (Å²) in [7, 11) is 0. The fraction of sp³-hybridized carbons (Fsp3) is 0.533. The van der Waals surface area contributed by atoms with E-state index >= 15 is 0 Å². The molecule has 4 heteroatoms. The lowest BCUT2D eigenvalue weighted by molar-refractivity contribution is -0.137. The van der Waals surface area contributed by atoms with Crippen molar-refractivity contribution >= 4 is 17.6 Å². The van der Waals surface area contributed by atoms with Crippen molar-refractivity contribution in [1.29, 1.82) is 0 Å². The molecule has 106 valence electrons. The second-order valence-electron chi connectivity index (χ2n) is 5.06. The van der Waals surface area contributed by atoms with Crippen LogP contribution in [0.2, 0.25) is 5.02 Å². The largest absolute Gasteiger partial charge is 0.481 e. The van der Waals surface area contributed by atoms with Crippen LogP contribution >= 0.6 is 11.6 Å². The molecule has 0 aliphatic rings. The fourth-order valence-electron chi connectivity index (χ4n) is 2.04. The Bertz CT molecular complexity index is 434. The summed E-state index contributed by atoms with van der Waals surface area (Å²) in [6, 6.07) is 6.12. The van der Waals surface area contributed by atoms with Crippen LogP contribution in [0.3, 0.4) is 0 Å². The van der Waals surface area contributed by atoms with Gasteiger partial charge in [-0.1, -0.05) is 30.7 Å². The molecule has 2 atom stereocenters. The third-order valence-electron chi connectivity index (χ3n) is 3.26. The number of halogens is 1. The second-order valence-corrected chi connectivity index (χ2v) is 5.47. The third kappa shape index (κ3) is 5.62. The highest BCUT2D eigenvalue weighted by molar-refractivity contribution is 6.31. The predicted molar refractivity (Wildman–Crippen MR) is 78.8 cm³/mol. The average Bonchev–Trinajstić information content (AvgIpc) is 2.32. The number of aryl methyl sites for hydroxylation is 1. The summed E-state index contributed by atoms with van der Waals surface area (Å²) in [5.74, 6) is -0.772. The summed E-state index contributed by atoms with van der Waals surface area (Å²) in [5.41, 5.74) is 2.14. The van der Waals surface area contributed by atoms with Gasteiger partial charge >= 0.3 is 5.97 Å². The van der Waals surface area contributed by atoms with Gasteiger partial charge in [-0.25, -0.2) is 0 Å². The van der Waals surface area contributed by atoms with Gasteiger partial charge in [-0.2, -0.15) is 0 Å². The standard InChI is InChI=1S/C15H22ClNO2/c1-4-11(3)17-13(9-15(18)19)8-12-5-6-14(16)10(2)7-12/h5-7,11,13,17H,4,8-9H2,1-3H3,(H,18,19). The molecule has 0 heterocycles. The van der Waals surface area contributed by atoms with Crippen LogP contribution in [0.25, 0.3) is 0 Å². The van der Waals surface area contributed by atoms with Crippen LogP contribution in [0.4, 0.5) is 0 Å². The summed E-state index contributed by atoms with van der Waals surface area (Å²) < 4.78 is 0. The highest BCUT2D eigenvalue weighted by atomic mass is 35.5. The molecule has 0 aliphatic carbocycles. The number of benzene rings is 1. The molecule has 0 aliphatic heterocycles. The molecule has 1 aromatic carbocycles. The molecular formula is C15H22ClNO2. The van der Waals surface area contributed by atoms with Gasteiger partial charge in [-0.3, -0.25) is 4.79 Å². The molecule has 1 rings (SSSR count). The lowest BCUT2D eigenvalue weighted by Crippen LogP contribution is -2.39. The van der Waals surface area contributed by atoms with Gasteiger partial charge in [-0.15, -0.1) is 0 Å². The van der Waals surface area contributed by atoms with E-state index in [2.05, 4.69) is 19.2 Å². The average molecular weight is 284 g/mol. The van der Waals surface area contributed by atoms with Crippen molar-refractivity contribution in [3.8, 4) is 0 Å². The van der Waals surface area contributed by atoms with E-state index in [1.54, 1.807) is 0 Å². The first-order chi connectivity index (χ1) is 8.92. The molecule has 19 heavy (non-hydrogen) atoms. The monoisotopic (exact) mass is 283 g/mol. The maximum atomic E-state index is 10.9. The minimum atomic E-state index is -0.772. The van der Waals surface area contributed by atoms with Crippen LogP contribution in [0, 0.1) is 6.92 Å². The third-order valence-corrected chi connectivity index (χ3v) is 3.68. The Morgan fingerprint density at radius 1 is 1.47 bits per heavy atom. The number of rotatable bonds is 7. The molecule has 2 N–H and O–H groups in total. The van der Waals surface area contributed by atoms with Gasteiger partial charge in [0, 0.05) is 17.1 Å². The van der Waals surface area contributed by atoms with Gasteiger partial charge in [0.2, 0.25) is 0 Å². The Morgan fingerprint density at radius 3 is 2.68 bits per heavy atom. The number of hydrogen-bond acceptors (Lipinski definition) is 2. The topological polar surface area (TPSA) is 49.3 Å². The molecule has 2 unspecified atom stereocenters. The molecule has 0 saturated heterocycles. The van der Waals surface area contributed by atoms with Crippen LogP contribution < -0.4 is 5.32 Å². The Labute approximate surface area is 120 Å². The first-order valence-electron chi connectivity index (χ1n) is 6.65. The highest BCUT2D eigenvalue weighted by Gasteiger charge is 2.16.